The molecule has 0 aliphatic rings. The maximum Gasteiger partial charge on any atom is 0.277 e. The van der Waals surface area contributed by atoms with Crippen LogP contribution in [-0.4, -0.2) is 8.42 Å². The highest BCUT2D eigenvalue weighted by atomic mass is 32.1. The summed E-state index contributed by atoms with van der Waals surface area (Å²) in [6.45, 7) is 0. The Kier molecular flexibility index (Phi) is 1.07. The molecule has 3 nitrogen and oxygen atoms in total. The monoisotopic (exact) mass is 136 g/mol. The topological polar surface area (TPSA) is 47.3 Å². The van der Waals surface area contributed by atoms with Crippen molar-refractivity contribution in [2.45, 2.75) is 0 Å². The average molecular weight is 136 g/mol. The minimum absolute atomic E-state index is 0.210. The van der Waals surface area contributed by atoms with E-state index in [0.717, 1.165) is 0 Å². The van der Waals surface area contributed by atoms with Gasteiger partial charge < -0.3 is 4.42 Å². The Morgan fingerprint density at radius 3 is 1.71 bits per heavy atom. The summed E-state index contributed by atoms with van der Waals surface area (Å²) in [4.78, 5) is 0. The fourth-order valence-electron chi connectivity index (χ4n) is 0.161. The molecule has 0 aliphatic heterocycles. The minimum Gasteiger partial charge on any atom is -0.420 e. The van der Waals surface area contributed by atoms with Gasteiger partial charge in [0, 0.05) is 0 Å². The third-order valence-corrected chi connectivity index (χ3v) is 1.43. The van der Waals surface area contributed by atoms with Crippen LogP contribution in [-0.2, 0) is 22.5 Å². The molecule has 0 fully saturated rings. The molecule has 0 atom stereocenters. The normalized spacial score (nSPS) is 9.14. The molecule has 0 radical (unpaired) electrons. The van der Waals surface area contributed by atoms with Crippen molar-refractivity contribution in [1.29, 1.82) is 0 Å². The summed E-state index contributed by atoms with van der Waals surface area (Å²) in [5.74, 6) is 0. The van der Waals surface area contributed by atoms with Gasteiger partial charge in [-0.3, -0.25) is 0 Å². The molecule has 7 heavy (non-hydrogen) atoms. The Morgan fingerprint density at radius 1 is 1.14 bits per heavy atom. The largest absolute Gasteiger partial charge is 0.420 e. The van der Waals surface area contributed by atoms with Crippen LogP contribution in [0, 0.1) is 9.41 Å². The predicted octanol–water partition coefficient (Wildman–Crippen LogP) is -0.355. The van der Waals surface area contributed by atoms with E-state index in [-0.39, 0.29) is 31.9 Å². The van der Waals surface area contributed by atoms with Gasteiger partial charge in [0.2, 0.25) is 0 Å². The van der Waals surface area contributed by atoms with E-state index in [1.807, 2.05) is 0 Å². The third kappa shape index (κ3) is 0.779. The summed E-state index contributed by atoms with van der Waals surface area (Å²) in [6.07, 6.45) is 0. The summed E-state index contributed by atoms with van der Waals surface area (Å²) < 4.78 is 24.1. The second kappa shape index (κ2) is 1.59. The molecule has 1 aromatic rings. The van der Waals surface area contributed by atoms with Crippen molar-refractivity contribution in [3.8, 4) is 0 Å². The van der Waals surface area contributed by atoms with E-state index in [1.54, 1.807) is 0 Å². The summed E-state index contributed by atoms with van der Waals surface area (Å²) in [7, 11) is 0. The number of hydrogen-bond donors (Lipinski definition) is 0. The first-order chi connectivity index (χ1) is 3.38. The average Bonchev–Trinajstić information content (AvgIpc) is 2.43. The molecule has 1 rings (SSSR count). The smallest absolute Gasteiger partial charge is 0.277 e. The quantitative estimate of drug-likeness (QED) is 0.458. The molecule has 1 heterocycles. The zero-order valence-electron chi connectivity index (χ0n) is 3.04. The molecule has 0 saturated heterocycles. The van der Waals surface area contributed by atoms with Gasteiger partial charge in [0.15, 0.2) is 0 Å². The third-order valence-electron chi connectivity index (χ3n) is 0.462. The van der Waals surface area contributed by atoms with E-state index in [0.29, 0.717) is 0 Å². The maximum atomic E-state index is 9.64. The van der Waals surface area contributed by atoms with E-state index in [2.05, 4.69) is 4.42 Å². The molecule has 0 aromatic carbocycles. The minimum atomic E-state index is 0.210. The second-order valence-corrected chi connectivity index (χ2v) is 1.92. The van der Waals surface area contributed by atoms with Crippen molar-refractivity contribution in [2.75, 3.05) is 0 Å². The Bertz CT molecular complexity index is 259. The summed E-state index contributed by atoms with van der Waals surface area (Å²) >= 11 is 0.420. The Morgan fingerprint density at radius 2 is 1.57 bits per heavy atom. The van der Waals surface area contributed by atoms with Crippen molar-refractivity contribution in [3.05, 3.63) is 9.41 Å². The lowest BCUT2D eigenvalue weighted by Gasteiger charge is -1.20. The molecule has 5 heteroatoms. The summed E-state index contributed by atoms with van der Waals surface area (Å²) in [5, 5.41) is 0. The molecular weight excluding hydrogens is 136 g/mol. The lowest BCUT2D eigenvalue weighted by atomic mass is 11.2. The fourth-order valence-corrected chi connectivity index (χ4v) is 0.788. The fraction of sp³-hybridized carbons (Fsp3) is 0. The van der Waals surface area contributed by atoms with Crippen molar-refractivity contribution in [3.63, 3.8) is 0 Å². The van der Waals surface area contributed by atoms with Crippen LogP contribution in [0.15, 0.2) is 4.42 Å². The van der Waals surface area contributed by atoms with Crippen LogP contribution in [0.1, 0.15) is 0 Å². The van der Waals surface area contributed by atoms with Gasteiger partial charge in [-0.15, -0.1) is 0 Å². The molecule has 0 spiro atoms. The lowest BCUT2D eigenvalue weighted by Crippen LogP contribution is -1.33. The Labute approximate surface area is 45.4 Å². The number of hydrogen-bond acceptors (Lipinski definition) is 3. The van der Waals surface area contributed by atoms with Crippen LogP contribution in [0.25, 0.3) is 0 Å². The standard InChI is InChI=1S/C2O3S2/c3-6-1-2(5-1)7-4. The molecule has 0 N–H and O–H groups in total. The van der Waals surface area contributed by atoms with Gasteiger partial charge in [-0.1, -0.05) is 0 Å². The van der Waals surface area contributed by atoms with Gasteiger partial charge in [0.1, 0.15) is 22.5 Å². The molecule has 38 valence electrons. The molecule has 0 unspecified atom stereocenters. The Balaban J connectivity index is 3.67. The number of rotatable bonds is 0. The van der Waals surface area contributed by atoms with Gasteiger partial charge in [-0.05, 0) is 0 Å². The van der Waals surface area contributed by atoms with E-state index in [1.165, 1.54) is 0 Å². The molecular formula is C2O3S2. The molecule has 1 aromatic heterocycles. The van der Waals surface area contributed by atoms with Gasteiger partial charge >= 0.3 is 0 Å². The van der Waals surface area contributed by atoms with Crippen LogP contribution in [0.2, 0.25) is 0 Å². The second-order valence-electron chi connectivity index (χ2n) is 0.844. The van der Waals surface area contributed by atoms with E-state index in [4.69, 9.17) is 0 Å². The Hall–Kier alpha value is -0.420. The van der Waals surface area contributed by atoms with Gasteiger partial charge in [0.05, 0.1) is 0 Å². The van der Waals surface area contributed by atoms with Crippen LogP contribution in [0.3, 0.4) is 0 Å². The maximum absolute atomic E-state index is 9.64. The van der Waals surface area contributed by atoms with E-state index in [9.17, 15) is 8.42 Å². The van der Waals surface area contributed by atoms with E-state index < -0.39 is 0 Å². The highest BCUT2D eigenvalue weighted by molar-refractivity contribution is 7.59. The zero-order chi connectivity index (χ0) is 5.28. The first-order valence-electron chi connectivity index (χ1n) is 1.40. The van der Waals surface area contributed by atoms with Crippen molar-refractivity contribution >= 4 is 22.5 Å². The van der Waals surface area contributed by atoms with Gasteiger partial charge in [-0.2, -0.15) is 0 Å². The van der Waals surface area contributed by atoms with Gasteiger partial charge in [0.25, 0.3) is 9.41 Å². The van der Waals surface area contributed by atoms with Crippen LogP contribution in [0.4, 0.5) is 0 Å². The molecule has 0 saturated carbocycles. The van der Waals surface area contributed by atoms with Crippen LogP contribution >= 0.6 is 0 Å². The lowest BCUT2D eigenvalue weighted by molar-refractivity contribution is 0.661. The van der Waals surface area contributed by atoms with E-state index >= 15 is 0 Å². The first kappa shape index (κ1) is 4.73. The zero-order valence-corrected chi connectivity index (χ0v) is 4.67. The molecule has 0 bridgehead atoms. The van der Waals surface area contributed by atoms with Crippen molar-refractivity contribution in [1.82, 2.24) is 0 Å². The van der Waals surface area contributed by atoms with Crippen molar-refractivity contribution in [2.24, 2.45) is 0 Å². The predicted molar refractivity (Wildman–Crippen MR) is 23.9 cm³/mol. The van der Waals surface area contributed by atoms with Gasteiger partial charge in [-0.25, -0.2) is 8.42 Å². The first-order valence-corrected chi connectivity index (χ1v) is 2.88. The molecule has 0 aliphatic carbocycles. The van der Waals surface area contributed by atoms with Crippen LogP contribution < -0.4 is 0 Å². The SMILES string of the molecule is O=S=c1oc1=S=O. The highest BCUT2D eigenvalue weighted by Gasteiger charge is 1.97. The van der Waals surface area contributed by atoms with Crippen molar-refractivity contribution < 1.29 is 12.8 Å². The highest BCUT2D eigenvalue weighted by Crippen LogP contribution is 1.94. The summed E-state index contributed by atoms with van der Waals surface area (Å²) in [5.41, 5.74) is 0. The summed E-state index contributed by atoms with van der Waals surface area (Å²) in [6, 6.07) is 0. The van der Waals surface area contributed by atoms with Crippen LogP contribution in [0.5, 0.6) is 0 Å². The molecule has 0 amide bonds.